The Morgan fingerprint density at radius 1 is 1.03 bits per heavy atom. The van der Waals surface area contributed by atoms with Crippen molar-refractivity contribution in [2.45, 2.75) is 38.9 Å². The van der Waals surface area contributed by atoms with E-state index in [4.69, 9.17) is 9.72 Å². The van der Waals surface area contributed by atoms with Gasteiger partial charge in [0.25, 0.3) is 0 Å². The standard InChI is InChI=1S/C30H32N8O/c1-30(2)18-36(19-30)23-9-26(29-22(10-31)13-34-38(29)17-23)21-5-6-27(32-12-21)35-15-24-8-25(16-35)37(24)14-20-4-7-28(39-3)33-11-20/h4-7,9,11-13,17,24-25H,8,14-16,18-19H2,1-3H3. The molecule has 9 nitrogen and oxygen atoms in total. The highest BCUT2D eigenvalue weighted by Gasteiger charge is 2.44. The van der Waals surface area contributed by atoms with E-state index in [9.17, 15) is 5.26 Å². The van der Waals surface area contributed by atoms with Crippen LogP contribution < -0.4 is 14.5 Å². The number of hydrogen-bond donors (Lipinski definition) is 0. The van der Waals surface area contributed by atoms with Crippen molar-refractivity contribution < 1.29 is 4.74 Å². The fourth-order valence-corrected chi connectivity index (χ4v) is 6.45. The molecule has 4 fully saturated rings. The maximum absolute atomic E-state index is 9.73. The largest absolute Gasteiger partial charge is 0.481 e. The zero-order valence-electron chi connectivity index (χ0n) is 22.6. The van der Waals surface area contributed by atoms with Crippen LogP contribution in [0.2, 0.25) is 0 Å². The molecular weight excluding hydrogens is 488 g/mol. The predicted octanol–water partition coefficient (Wildman–Crippen LogP) is 3.98. The van der Waals surface area contributed by atoms with E-state index in [2.05, 4.69) is 69.0 Å². The third kappa shape index (κ3) is 4.16. The maximum Gasteiger partial charge on any atom is 0.212 e. The van der Waals surface area contributed by atoms with Gasteiger partial charge in [0.2, 0.25) is 5.88 Å². The second kappa shape index (κ2) is 8.95. The van der Waals surface area contributed by atoms with E-state index in [1.165, 1.54) is 12.0 Å². The molecule has 8 rings (SSSR count). The number of piperidine rings is 1. The van der Waals surface area contributed by atoms with Gasteiger partial charge < -0.3 is 14.5 Å². The minimum Gasteiger partial charge on any atom is -0.481 e. The van der Waals surface area contributed by atoms with Gasteiger partial charge in [0.15, 0.2) is 0 Å². The monoisotopic (exact) mass is 520 g/mol. The van der Waals surface area contributed by atoms with Crippen molar-refractivity contribution in [3.8, 4) is 23.1 Å². The molecule has 0 aromatic carbocycles. The van der Waals surface area contributed by atoms with Crippen molar-refractivity contribution in [2.24, 2.45) is 5.41 Å². The molecule has 0 radical (unpaired) electrons. The maximum atomic E-state index is 9.73. The van der Waals surface area contributed by atoms with Gasteiger partial charge in [-0.15, -0.1) is 0 Å². The Morgan fingerprint density at radius 2 is 1.85 bits per heavy atom. The van der Waals surface area contributed by atoms with Gasteiger partial charge in [0.1, 0.15) is 11.9 Å². The van der Waals surface area contributed by atoms with Crippen LogP contribution in [0.1, 0.15) is 31.4 Å². The first-order chi connectivity index (χ1) is 18.9. The summed E-state index contributed by atoms with van der Waals surface area (Å²) in [6.45, 7) is 9.44. The highest BCUT2D eigenvalue weighted by Crippen LogP contribution is 2.39. The van der Waals surface area contributed by atoms with Gasteiger partial charge in [0.05, 0.1) is 36.3 Å². The first-order valence-corrected chi connectivity index (χ1v) is 13.5. The summed E-state index contributed by atoms with van der Waals surface area (Å²) in [5, 5.41) is 14.2. The van der Waals surface area contributed by atoms with Crippen LogP contribution in [0.25, 0.3) is 16.6 Å². The van der Waals surface area contributed by atoms with Gasteiger partial charge in [-0.1, -0.05) is 19.9 Å². The minimum absolute atomic E-state index is 0.316. The molecule has 0 N–H and O–H groups in total. The summed E-state index contributed by atoms with van der Waals surface area (Å²) in [5.74, 6) is 1.65. The molecule has 0 saturated carbocycles. The lowest BCUT2D eigenvalue weighted by atomic mass is 9.84. The molecule has 8 heterocycles. The van der Waals surface area contributed by atoms with Crippen LogP contribution >= 0.6 is 0 Å². The second-order valence-corrected chi connectivity index (χ2v) is 11.8. The number of piperazine rings is 1. The summed E-state index contributed by atoms with van der Waals surface area (Å²) < 4.78 is 7.03. The molecule has 4 saturated heterocycles. The molecule has 4 aliphatic rings. The molecule has 39 heavy (non-hydrogen) atoms. The quantitative estimate of drug-likeness (QED) is 0.377. The Balaban J connectivity index is 1.10. The third-order valence-corrected chi connectivity index (χ3v) is 8.42. The molecule has 2 bridgehead atoms. The summed E-state index contributed by atoms with van der Waals surface area (Å²) >= 11 is 0. The Morgan fingerprint density at radius 3 is 2.49 bits per heavy atom. The highest BCUT2D eigenvalue weighted by atomic mass is 16.5. The molecule has 4 aliphatic heterocycles. The van der Waals surface area contributed by atoms with E-state index >= 15 is 0 Å². The van der Waals surface area contributed by atoms with Gasteiger partial charge in [0, 0.05) is 74.4 Å². The first-order valence-electron chi connectivity index (χ1n) is 13.5. The Labute approximate surface area is 228 Å². The fourth-order valence-electron chi connectivity index (χ4n) is 6.45. The van der Waals surface area contributed by atoms with Crippen LogP contribution in [-0.4, -0.2) is 69.9 Å². The number of nitriles is 1. The molecule has 0 spiro atoms. The van der Waals surface area contributed by atoms with Gasteiger partial charge in [-0.05, 0) is 35.6 Å². The van der Waals surface area contributed by atoms with Crippen LogP contribution in [0.4, 0.5) is 11.5 Å². The van der Waals surface area contributed by atoms with E-state index in [1.54, 1.807) is 13.3 Å². The molecule has 9 heteroatoms. The van der Waals surface area contributed by atoms with E-state index in [0.29, 0.717) is 28.9 Å². The second-order valence-electron chi connectivity index (χ2n) is 11.8. The van der Waals surface area contributed by atoms with Gasteiger partial charge in [-0.2, -0.15) is 10.4 Å². The van der Waals surface area contributed by atoms with E-state index in [1.807, 2.05) is 29.2 Å². The number of fused-ring (bicyclic) bond motifs is 3. The van der Waals surface area contributed by atoms with Crippen LogP contribution in [0.3, 0.4) is 0 Å². The van der Waals surface area contributed by atoms with Crippen LogP contribution in [0, 0.1) is 16.7 Å². The van der Waals surface area contributed by atoms with Crippen LogP contribution in [0.15, 0.2) is 55.1 Å². The topological polar surface area (TPSA) is 85.8 Å². The fraction of sp³-hybridized carbons (Fsp3) is 0.400. The molecule has 198 valence electrons. The van der Waals surface area contributed by atoms with Gasteiger partial charge >= 0.3 is 0 Å². The molecule has 2 unspecified atom stereocenters. The predicted molar refractivity (Wildman–Crippen MR) is 150 cm³/mol. The number of rotatable bonds is 6. The molecule has 0 amide bonds. The smallest absolute Gasteiger partial charge is 0.212 e. The summed E-state index contributed by atoms with van der Waals surface area (Å²) in [6.07, 6.45) is 8.78. The molecule has 0 aliphatic carbocycles. The zero-order chi connectivity index (χ0) is 26.7. The Kier molecular flexibility index (Phi) is 5.49. The summed E-state index contributed by atoms with van der Waals surface area (Å²) in [7, 11) is 1.64. The number of anilines is 2. The number of aromatic nitrogens is 4. The van der Waals surface area contributed by atoms with Crippen molar-refractivity contribution in [1.82, 2.24) is 24.5 Å². The summed E-state index contributed by atoms with van der Waals surface area (Å²) in [5.41, 5.74) is 6.05. The number of ether oxygens (including phenoxy) is 1. The van der Waals surface area contributed by atoms with Crippen molar-refractivity contribution in [1.29, 1.82) is 5.26 Å². The summed E-state index contributed by atoms with van der Waals surface area (Å²) in [6, 6.07) is 13.8. The van der Waals surface area contributed by atoms with E-state index in [-0.39, 0.29) is 0 Å². The van der Waals surface area contributed by atoms with E-state index < -0.39 is 0 Å². The number of methoxy groups -OCH3 is 1. The van der Waals surface area contributed by atoms with Crippen molar-refractivity contribution in [3.63, 3.8) is 0 Å². The van der Waals surface area contributed by atoms with Crippen molar-refractivity contribution in [3.05, 3.63) is 66.2 Å². The first kappa shape index (κ1) is 23.9. The van der Waals surface area contributed by atoms with Crippen molar-refractivity contribution in [2.75, 3.05) is 43.1 Å². The van der Waals surface area contributed by atoms with Crippen molar-refractivity contribution >= 4 is 17.0 Å². The average Bonchev–Trinajstić information content (AvgIpc) is 3.38. The minimum atomic E-state index is 0.316. The van der Waals surface area contributed by atoms with Gasteiger partial charge in [-0.3, -0.25) is 4.90 Å². The van der Waals surface area contributed by atoms with Crippen LogP contribution in [0.5, 0.6) is 5.88 Å². The highest BCUT2D eigenvalue weighted by molar-refractivity contribution is 5.86. The SMILES string of the molecule is COc1ccc(CN2C3CC2CN(c2ccc(-c4cc(N5CC(C)(C)C5)cn5ncc(C#N)c45)cn2)C3)cn1. The lowest BCUT2D eigenvalue weighted by Crippen LogP contribution is -2.68. The number of hydrogen-bond acceptors (Lipinski definition) is 8. The molecular formula is C30H32N8O. The number of pyridine rings is 3. The van der Waals surface area contributed by atoms with Gasteiger partial charge in [-0.25, -0.2) is 14.5 Å². The Bertz CT molecular complexity index is 1550. The normalized spacial score (nSPS) is 21.8. The van der Waals surface area contributed by atoms with Crippen LogP contribution in [-0.2, 0) is 6.54 Å². The Hall–Kier alpha value is -4.16. The molecule has 4 aromatic rings. The average molecular weight is 521 g/mol. The third-order valence-electron chi connectivity index (χ3n) is 8.42. The number of nitrogens with zero attached hydrogens (tertiary/aromatic N) is 8. The van der Waals surface area contributed by atoms with E-state index in [0.717, 1.165) is 60.9 Å². The lowest BCUT2D eigenvalue weighted by Gasteiger charge is -2.56. The molecule has 4 aromatic heterocycles. The summed E-state index contributed by atoms with van der Waals surface area (Å²) in [4.78, 5) is 16.6. The zero-order valence-corrected chi connectivity index (χ0v) is 22.6. The molecule has 2 atom stereocenters. The lowest BCUT2D eigenvalue weighted by molar-refractivity contribution is -0.00876.